The molecular weight excluding hydrogens is 336 g/mol. The van der Waals surface area contributed by atoms with Crippen LogP contribution < -0.4 is 5.32 Å². The number of alkyl carbamates (subject to hydrolysis) is 1. The van der Waals surface area contributed by atoms with Crippen molar-refractivity contribution in [2.24, 2.45) is 0 Å². The number of benzene rings is 2. The van der Waals surface area contributed by atoms with Gasteiger partial charge in [0.05, 0.1) is 11.7 Å². The van der Waals surface area contributed by atoms with E-state index in [0.29, 0.717) is 0 Å². The van der Waals surface area contributed by atoms with Gasteiger partial charge in [0.2, 0.25) is 0 Å². The molecule has 136 valence electrons. The number of aliphatic hydroxyl groups excluding tert-OH is 2. The first-order chi connectivity index (χ1) is 12.5. The van der Waals surface area contributed by atoms with Gasteiger partial charge in [-0.05, 0) is 29.7 Å². The van der Waals surface area contributed by atoms with Gasteiger partial charge < -0.3 is 25.4 Å². The smallest absolute Gasteiger partial charge is 0.407 e. The summed E-state index contributed by atoms with van der Waals surface area (Å²) in [5.74, 6) is -0.265. The van der Waals surface area contributed by atoms with Gasteiger partial charge >= 0.3 is 6.09 Å². The lowest BCUT2D eigenvalue weighted by molar-refractivity contribution is 0.0135. The van der Waals surface area contributed by atoms with Crippen LogP contribution in [0.25, 0.3) is 0 Å². The molecule has 0 aliphatic rings. The molecule has 0 aliphatic carbocycles. The molecule has 0 radical (unpaired) electrons. The number of carbonyl (C=O) groups is 1. The van der Waals surface area contributed by atoms with Crippen molar-refractivity contribution in [3.8, 4) is 11.8 Å². The minimum Gasteiger partial charge on any atom is -0.507 e. The first kappa shape index (κ1) is 19.2. The Kier molecular flexibility index (Phi) is 6.97. The van der Waals surface area contributed by atoms with Crippen LogP contribution in [0.3, 0.4) is 0 Å². The summed E-state index contributed by atoms with van der Waals surface area (Å²) in [6, 6.07) is 15.1. The second-order valence-corrected chi connectivity index (χ2v) is 5.68. The molecule has 0 bridgehead atoms. The number of phenols is 1. The maximum absolute atomic E-state index is 11.6. The van der Waals surface area contributed by atoms with Crippen molar-refractivity contribution < 1.29 is 24.9 Å². The van der Waals surface area contributed by atoms with Crippen LogP contribution >= 0.6 is 0 Å². The quantitative estimate of drug-likeness (QED) is 0.601. The largest absolute Gasteiger partial charge is 0.507 e. The number of hydrogen-bond acceptors (Lipinski definition) is 6. The molecule has 0 saturated carbocycles. The van der Waals surface area contributed by atoms with Crippen LogP contribution in [0.2, 0.25) is 0 Å². The Morgan fingerprint density at radius 1 is 1.19 bits per heavy atom. The number of phenolic OH excluding ortho intramolecular Hbond substituents is 1. The molecule has 0 heterocycles. The lowest BCUT2D eigenvalue weighted by atomic mass is 10.0. The van der Waals surface area contributed by atoms with E-state index in [0.717, 1.165) is 5.56 Å². The molecule has 4 N–H and O–H groups in total. The molecular formula is C19H20N2O5. The number of aromatic hydroxyl groups is 1. The number of rotatable bonds is 7. The molecule has 0 spiro atoms. The van der Waals surface area contributed by atoms with Crippen LogP contribution in [0.4, 0.5) is 4.79 Å². The molecule has 2 atom stereocenters. The molecule has 0 fully saturated rings. The van der Waals surface area contributed by atoms with E-state index in [1.165, 1.54) is 18.2 Å². The number of nitrogens with zero attached hydrogens (tertiary/aromatic N) is 1. The summed E-state index contributed by atoms with van der Waals surface area (Å²) in [7, 11) is 0. The average molecular weight is 356 g/mol. The Bertz CT molecular complexity index is 773. The normalized spacial score (nSPS) is 12.7. The van der Waals surface area contributed by atoms with Gasteiger partial charge in [-0.25, -0.2) is 4.79 Å². The molecule has 0 aliphatic heterocycles. The predicted molar refractivity (Wildman–Crippen MR) is 93.0 cm³/mol. The molecule has 1 amide bonds. The zero-order chi connectivity index (χ0) is 18.9. The second-order valence-electron chi connectivity index (χ2n) is 5.68. The van der Waals surface area contributed by atoms with Gasteiger partial charge in [0, 0.05) is 6.54 Å². The van der Waals surface area contributed by atoms with Crippen molar-refractivity contribution >= 4 is 6.09 Å². The molecule has 7 nitrogen and oxygen atoms in total. The summed E-state index contributed by atoms with van der Waals surface area (Å²) in [5.41, 5.74) is 1.22. The molecule has 2 aromatic carbocycles. The summed E-state index contributed by atoms with van der Waals surface area (Å²) < 4.78 is 5.04. The fourth-order valence-corrected chi connectivity index (χ4v) is 2.30. The average Bonchev–Trinajstić information content (AvgIpc) is 2.66. The zero-order valence-electron chi connectivity index (χ0n) is 14.0. The number of carbonyl (C=O) groups excluding carboxylic acids is 1. The third-order valence-corrected chi connectivity index (χ3v) is 3.77. The molecule has 7 heteroatoms. The minimum absolute atomic E-state index is 0.0817. The highest BCUT2D eigenvalue weighted by atomic mass is 16.5. The topological polar surface area (TPSA) is 123 Å². The highest BCUT2D eigenvalue weighted by molar-refractivity contribution is 5.67. The van der Waals surface area contributed by atoms with E-state index in [1.807, 2.05) is 30.3 Å². The first-order valence-electron chi connectivity index (χ1n) is 8.05. The second kappa shape index (κ2) is 9.42. The maximum atomic E-state index is 11.6. The van der Waals surface area contributed by atoms with Gasteiger partial charge in [0.25, 0.3) is 0 Å². The van der Waals surface area contributed by atoms with Gasteiger partial charge in [-0.3, -0.25) is 0 Å². The Morgan fingerprint density at radius 3 is 2.58 bits per heavy atom. The van der Waals surface area contributed by atoms with Gasteiger partial charge in [0.15, 0.2) is 0 Å². The van der Waals surface area contributed by atoms with Crippen molar-refractivity contribution in [2.75, 3.05) is 6.54 Å². The van der Waals surface area contributed by atoms with Crippen LogP contribution in [0, 0.1) is 11.3 Å². The van der Waals surface area contributed by atoms with Crippen molar-refractivity contribution in [1.82, 2.24) is 5.32 Å². The number of nitrogens with one attached hydrogen (secondary N) is 1. The molecule has 26 heavy (non-hydrogen) atoms. The molecule has 0 saturated heterocycles. The number of ether oxygens (including phenoxy) is 1. The predicted octanol–water partition coefficient (Wildman–Crippen LogP) is 1.97. The van der Waals surface area contributed by atoms with Crippen LogP contribution in [0.1, 0.15) is 29.2 Å². The summed E-state index contributed by atoms with van der Waals surface area (Å²) in [6.45, 7) is 0.247. The van der Waals surface area contributed by atoms with E-state index in [9.17, 15) is 20.1 Å². The highest BCUT2D eigenvalue weighted by Crippen LogP contribution is 2.25. The van der Waals surface area contributed by atoms with Crippen molar-refractivity contribution in [1.29, 1.82) is 5.26 Å². The Balaban J connectivity index is 1.75. The highest BCUT2D eigenvalue weighted by Gasteiger charge is 2.19. The van der Waals surface area contributed by atoms with Gasteiger partial charge in [-0.2, -0.15) is 5.26 Å². The summed E-state index contributed by atoms with van der Waals surface area (Å²) in [6.07, 6.45) is -2.94. The molecule has 2 aromatic rings. The third-order valence-electron chi connectivity index (χ3n) is 3.77. The van der Waals surface area contributed by atoms with E-state index in [4.69, 9.17) is 10.00 Å². The van der Waals surface area contributed by atoms with Crippen LogP contribution in [-0.4, -0.2) is 34.1 Å². The van der Waals surface area contributed by atoms with E-state index < -0.39 is 18.3 Å². The Morgan fingerprint density at radius 2 is 1.92 bits per heavy atom. The van der Waals surface area contributed by atoms with Crippen LogP contribution in [-0.2, 0) is 11.3 Å². The summed E-state index contributed by atoms with van der Waals surface area (Å²) in [4.78, 5) is 11.6. The van der Waals surface area contributed by atoms with Gasteiger partial charge in [0.1, 0.15) is 24.5 Å². The summed E-state index contributed by atoms with van der Waals surface area (Å²) >= 11 is 0. The zero-order valence-corrected chi connectivity index (χ0v) is 14.0. The lowest BCUT2D eigenvalue weighted by Crippen LogP contribution is -2.29. The lowest BCUT2D eigenvalue weighted by Gasteiger charge is -2.18. The molecule has 2 rings (SSSR count). The number of hydrogen-bond donors (Lipinski definition) is 4. The Hall–Kier alpha value is -3.08. The molecule has 2 unspecified atom stereocenters. The van der Waals surface area contributed by atoms with Crippen molar-refractivity contribution in [2.45, 2.75) is 25.2 Å². The van der Waals surface area contributed by atoms with Crippen molar-refractivity contribution in [3.63, 3.8) is 0 Å². The fraction of sp³-hybridized carbons (Fsp3) is 0.263. The van der Waals surface area contributed by atoms with E-state index in [2.05, 4.69) is 5.32 Å². The van der Waals surface area contributed by atoms with E-state index >= 15 is 0 Å². The number of nitriles is 1. The maximum Gasteiger partial charge on any atom is 0.407 e. The van der Waals surface area contributed by atoms with Crippen molar-refractivity contribution in [3.05, 3.63) is 65.2 Å². The standard InChI is InChI=1S/C19H20N2O5/c20-11-15-7-6-14(10-17(15)23)18(24)16(22)8-9-21-19(25)26-12-13-4-2-1-3-5-13/h1-7,10,16,18,22-24H,8-9,12H2,(H,21,25). The fourth-order valence-electron chi connectivity index (χ4n) is 2.30. The monoisotopic (exact) mass is 356 g/mol. The van der Waals surface area contributed by atoms with E-state index in [1.54, 1.807) is 6.07 Å². The first-order valence-corrected chi connectivity index (χ1v) is 8.05. The van der Waals surface area contributed by atoms with Crippen LogP contribution in [0.15, 0.2) is 48.5 Å². The third kappa shape index (κ3) is 5.48. The van der Waals surface area contributed by atoms with Crippen LogP contribution in [0.5, 0.6) is 5.75 Å². The van der Waals surface area contributed by atoms with Gasteiger partial charge in [-0.1, -0.05) is 36.4 Å². The number of amides is 1. The molecule has 0 aromatic heterocycles. The Labute approximate surface area is 151 Å². The van der Waals surface area contributed by atoms with Gasteiger partial charge in [-0.15, -0.1) is 0 Å². The SMILES string of the molecule is N#Cc1ccc(C(O)C(O)CCNC(=O)OCc2ccccc2)cc1O. The van der Waals surface area contributed by atoms with E-state index in [-0.39, 0.29) is 36.4 Å². The summed E-state index contributed by atoms with van der Waals surface area (Å²) in [5, 5.41) is 41.0. The minimum atomic E-state index is -1.25. The number of aliphatic hydroxyl groups is 2.